The number of benzene rings is 2. The lowest BCUT2D eigenvalue weighted by atomic mass is 9.96. The molecular formula is C18H12. The van der Waals surface area contributed by atoms with Crippen molar-refractivity contribution in [2.75, 3.05) is 0 Å². The van der Waals surface area contributed by atoms with Crippen molar-refractivity contribution in [1.29, 1.82) is 0 Å². The minimum absolute atomic E-state index is 1.30. The van der Waals surface area contributed by atoms with Gasteiger partial charge in [0.1, 0.15) is 0 Å². The third-order valence-corrected chi connectivity index (χ3v) is 3.63. The molecule has 0 bridgehead atoms. The number of hydrogen-bond donors (Lipinski definition) is 0. The third-order valence-electron chi connectivity index (χ3n) is 3.63. The van der Waals surface area contributed by atoms with Crippen LogP contribution in [0.1, 0.15) is 16.7 Å². The summed E-state index contributed by atoms with van der Waals surface area (Å²) in [6.07, 6.45) is 10.7. The molecule has 0 radical (unpaired) electrons. The van der Waals surface area contributed by atoms with Gasteiger partial charge in [-0.3, -0.25) is 0 Å². The molecule has 0 aromatic heterocycles. The summed E-state index contributed by atoms with van der Waals surface area (Å²) in [4.78, 5) is 0. The van der Waals surface area contributed by atoms with Gasteiger partial charge in [0.15, 0.2) is 0 Å². The molecule has 0 unspecified atom stereocenters. The fraction of sp³-hybridized carbons (Fsp3) is 0. The minimum atomic E-state index is 1.30. The molecule has 4 rings (SSSR count). The van der Waals surface area contributed by atoms with E-state index in [2.05, 4.69) is 72.8 Å². The Hall–Kier alpha value is -2.34. The molecule has 0 saturated heterocycles. The van der Waals surface area contributed by atoms with Crippen LogP contribution in [0, 0.1) is 0 Å². The van der Waals surface area contributed by atoms with Gasteiger partial charge in [-0.25, -0.2) is 0 Å². The second-order valence-corrected chi connectivity index (χ2v) is 4.64. The fourth-order valence-electron chi connectivity index (χ4n) is 2.87. The highest BCUT2D eigenvalue weighted by molar-refractivity contribution is 6.04. The molecule has 0 atom stereocenters. The van der Waals surface area contributed by atoms with Crippen LogP contribution in [0.4, 0.5) is 0 Å². The smallest absolute Gasteiger partial charge is 0.00264 e. The molecule has 0 heterocycles. The SMILES string of the molecule is C1=C\C=C2\c3ccccc3-c3cccc(c32)\C=C/1. The number of hydrogen-bond acceptors (Lipinski definition) is 0. The van der Waals surface area contributed by atoms with Gasteiger partial charge in [0.25, 0.3) is 0 Å². The summed E-state index contributed by atoms with van der Waals surface area (Å²) in [6.45, 7) is 0. The maximum absolute atomic E-state index is 2.22. The summed E-state index contributed by atoms with van der Waals surface area (Å²) in [5.41, 5.74) is 8.08. The van der Waals surface area contributed by atoms with E-state index in [1.807, 2.05) is 0 Å². The molecule has 2 aliphatic carbocycles. The molecule has 0 heteroatoms. The van der Waals surface area contributed by atoms with Crippen molar-refractivity contribution in [3.8, 4) is 11.1 Å². The Labute approximate surface area is 107 Å². The first-order chi connectivity index (χ1) is 8.95. The van der Waals surface area contributed by atoms with Gasteiger partial charge in [-0.1, -0.05) is 72.8 Å². The van der Waals surface area contributed by atoms with Gasteiger partial charge in [-0.15, -0.1) is 0 Å². The van der Waals surface area contributed by atoms with Gasteiger partial charge in [0.2, 0.25) is 0 Å². The lowest BCUT2D eigenvalue weighted by Gasteiger charge is -2.07. The molecule has 2 aliphatic rings. The standard InChI is InChI=1S/C18H12/c1-2-7-13-8-6-12-17-15-10-5-4-9-14(15)16(11-3-1)18(13)17/h1-12H/b2-1?,3-1-,7-2-,11-3?,13-7?,16-11-. The predicted octanol–water partition coefficient (Wildman–Crippen LogP) is 4.68. The maximum atomic E-state index is 2.22. The Morgan fingerprint density at radius 2 is 1.44 bits per heavy atom. The molecule has 2 aromatic rings. The molecule has 0 amide bonds. The average Bonchev–Trinajstić information content (AvgIpc) is 2.70. The Bertz CT molecular complexity index is 727. The Morgan fingerprint density at radius 1 is 0.611 bits per heavy atom. The van der Waals surface area contributed by atoms with Crippen LogP contribution in [0.2, 0.25) is 0 Å². The highest BCUT2D eigenvalue weighted by atomic mass is 14.3. The van der Waals surface area contributed by atoms with Gasteiger partial charge >= 0.3 is 0 Å². The largest absolute Gasteiger partial charge is 0.0622 e. The van der Waals surface area contributed by atoms with E-state index >= 15 is 0 Å². The van der Waals surface area contributed by atoms with E-state index in [1.54, 1.807) is 0 Å². The zero-order chi connectivity index (χ0) is 11.9. The van der Waals surface area contributed by atoms with Crippen LogP contribution in [0.25, 0.3) is 22.8 Å². The molecule has 2 aromatic carbocycles. The third kappa shape index (κ3) is 1.20. The summed E-state index contributed by atoms with van der Waals surface area (Å²) in [6, 6.07) is 15.2. The summed E-state index contributed by atoms with van der Waals surface area (Å²) in [5.74, 6) is 0. The van der Waals surface area contributed by atoms with Crippen molar-refractivity contribution in [1.82, 2.24) is 0 Å². The Balaban J connectivity index is 2.17. The molecule has 0 N–H and O–H groups in total. The Kier molecular flexibility index (Phi) is 1.92. The Morgan fingerprint density at radius 3 is 2.39 bits per heavy atom. The van der Waals surface area contributed by atoms with E-state index in [-0.39, 0.29) is 0 Å². The van der Waals surface area contributed by atoms with E-state index in [0.717, 1.165) is 0 Å². The lowest BCUT2D eigenvalue weighted by molar-refractivity contribution is 1.60. The highest BCUT2D eigenvalue weighted by Crippen LogP contribution is 2.46. The van der Waals surface area contributed by atoms with E-state index < -0.39 is 0 Å². The second kappa shape index (κ2) is 3.58. The lowest BCUT2D eigenvalue weighted by Crippen LogP contribution is -1.87. The summed E-state index contributed by atoms with van der Waals surface area (Å²) >= 11 is 0. The molecule has 18 heavy (non-hydrogen) atoms. The summed E-state index contributed by atoms with van der Waals surface area (Å²) in [7, 11) is 0. The topological polar surface area (TPSA) is 0 Å². The molecule has 84 valence electrons. The molecule has 0 spiro atoms. The summed E-state index contributed by atoms with van der Waals surface area (Å²) < 4.78 is 0. The van der Waals surface area contributed by atoms with E-state index in [9.17, 15) is 0 Å². The zero-order valence-corrected chi connectivity index (χ0v) is 9.93. The van der Waals surface area contributed by atoms with Crippen molar-refractivity contribution < 1.29 is 0 Å². The zero-order valence-electron chi connectivity index (χ0n) is 9.93. The molecule has 0 saturated carbocycles. The van der Waals surface area contributed by atoms with Crippen LogP contribution in [0.3, 0.4) is 0 Å². The molecule has 0 fully saturated rings. The van der Waals surface area contributed by atoms with Crippen LogP contribution in [-0.4, -0.2) is 0 Å². The molecule has 0 nitrogen and oxygen atoms in total. The molecular weight excluding hydrogens is 216 g/mol. The van der Waals surface area contributed by atoms with E-state index in [4.69, 9.17) is 0 Å². The van der Waals surface area contributed by atoms with Crippen molar-refractivity contribution in [2.24, 2.45) is 0 Å². The monoisotopic (exact) mass is 228 g/mol. The van der Waals surface area contributed by atoms with Gasteiger partial charge in [0, 0.05) is 0 Å². The van der Waals surface area contributed by atoms with Crippen LogP contribution in [0.5, 0.6) is 0 Å². The number of rotatable bonds is 0. The van der Waals surface area contributed by atoms with Gasteiger partial charge in [0.05, 0.1) is 0 Å². The number of fused-ring (bicyclic) bond motifs is 3. The highest BCUT2D eigenvalue weighted by Gasteiger charge is 2.24. The maximum Gasteiger partial charge on any atom is -0.00264 e. The van der Waals surface area contributed by atoms with Crippen LogP contribution >= 0.6 is 0 Å². The quantitative estimate of drug-likeness (QED) is 0.524. The molecule has 0 aliphatic heterocycles. The normalized spacial score (nSPS) is 21.0. The van der Waals surface area contributed by atoms with E-state index in [0.29, 0.717) is 0 Å². The first kappa shape index (κ1) is 9.67. The van der Waals surface area contributed by atoms with Crippen molar-refractivity contribution in [3.63, 3.8) is 0 Å². The first-order valence-electron chi connectivity index (χ1n) is 6.23. The van der Waals surface area contributed by atoms with Crippen LogP contribution in [-0.2, 0) is 0 Å². The predicted molar refractivity (Wildman–Crippen MR) is 77.1 cm³/mol. The number of allylic oxidation sites excluding steroid dienone is 4. The van der Waals surface area contributed by atoms with E-state index in [1.165, 1.54) is 33.4 Å². The average molecular weight is 228 g/mol. The van der Waals surface area contributed by atoms with Crippen molar-refractivity contribution >= 4 is 11.6 Å². The summed E-state index contributed by atoms with van der Waals surface area (Å²) in [5, 5.41) is 0. The van der Waals surface area contributed by atoms with Crippen LogP contribution < -0.4 is 0 Å². The van der Waals surface area contributed by atoms with Crippen molar-refractivity contribution in [2.45, 2.75) is 0 Å². The van der Waals surface area contributed by atoms with Crippen LogP contribution in [0.15, 0.2) is 66.8 Å². The van der Waals surface area contributed by atoms with Gasteiger partial charge in [-0.05, 0) is 33.4 Å². The van der Waals surface area contributed by atoms with Gasteiger partial charge in [-0.2, -0.15) is 0 Å². The second-order valence-electron chi connectivity index (χ2n) is 4.64. The first-order valence-corrected chi connectivity index (χ1v) is 6.23. The van der Waals surface area contributed by atoms with Crippen molar-refractivity contribution in [3.05, 3.63) is 83.5 Å². The minimum Gasteiger partial charge on any atom is -0.0622 e. The van der Waals surface area contributed by atoms with Gasteiger partial charge < -0.3 is 0 Å². The fourth-order valence-corrected chi connectivity index (χ4v) is 2.87.